The van der Waals surface area contributed by atoms with Crippen molar-refractivity contribution >= 4 is 0 Å². The van der Waals surface area contributed by atoms with Crippen molar-refractivity contribution in [1.82, 2.24) is 5.32 Å². The van der Waals surface area contributed by atoms with Crippen LogP contribution in [0.1, 0.15) is 60.2 Å². The Labute approximate surface area is 79.4 Å². The van der Waals surface area contributed by atoms with Crippen molar-refractivity contribution in [3.8, 4) is 0 Å². The molecule has 0 heterocycles. The molecule has 0 spiro atoms. The maximum absolute atomic E-state index is 3.48. The highest BCUT2D eigenvalue weighted by Gasteiger charge is 1.88. The lowest BCUT2D eigenvalue weighted by atomic mass is 10.2. The molecule has 0 saturated carbocycles. The first kappa shape index (κ1) is 12.0. The summed E-state index contributed by atoms with van der Waals surface area (Å²) in [6.07, 6.45) is 9.56. The van der Waals surface area contributed by atoms with E-state index in [1.54, 1.807) is 0 Å². The largest absolute Gasteiger partial charge is 0.317 e. The number of hydrogen-bond acceptors (Lipinski definition) is 1. The third kappa shape index (κ3) is 9.96. The summed E-state index contributed by atoms with van der Waals surface area (Å²) < 4.78 is 0. The average molecular weight is 173 g/mol. The van der Waals surface area contributed by atoms with Gasteiger partial charge in [0.15, 0.2) is 0 Å². The van der Waals surface area contributed by atoms with Crippen molar-refractivity contribution in [2.24, 2.45) is 0 Å². The molecule has 0 unspecified atom stereocenters. The molecule has 1 heteroatoms. The molecule has 0 aromatic carbocycles. The predicted molar refractivity (Wildman–Crippen MR) is 58.7 cm³/mol. The number of nitrogens with one attached hydrogen (secondary N) is 1. The van der Waals surface area contributed by atoms with Gasteiger partial charge in [-0.25, -0.2) is 0 Å². The van der Waals surface area contributed by atoms with Gasteiger partial charge in [0.25, 0.3) is 0 Å². The van der Waals surface area contributed by atoms with E-state index in [-0.39, 0.29) is 1.43 Å². The molecule has 0 aromatic rings. The minimum atomic E-state index is 0. The Morgan fingerprint density at radius 1 is 0.750 bits per heavy atom. The van der Waals surface area contributed by atoms with Gasteiger partial charge in [-0.15, -0.1) is 0 Å². The first-order chi connectivity index (χ1) is 5.91. The van der Waals surface area contributed by atoms with Crippen LogP contribution < -0.4 is 5.32 Å². The molecule has 0 aliphatic carbocycles. The van der Waals surface area contributed by atoms with Gasteiger partial charge in [0.2, 0.25) is 0 Å². The molecule has 1 N–H and O–H groups in total. The number of rotatable bonds is 9. The summed E-state index contributed by atoms with van der Waals surface area (Å²) in [6, 6.07) is 0. The van der Waals surface area contributed by atoms with Gasteiger partial charge < -0.3 is 5.32 Å². The second-order valence-electron chi connectivity index (χ2n) is 3.52. The summed E-state index contributed by atoms with van der Waals surface area (Å²) >= 11 is 0. The van der Waals surface area contributed by atoms with Crippen molar-refractivity contribution < 1.29 is 1.43 Å². The first-order valence-electron chi connectivity index (χ1n) is 5.62. The van der Waals surface area contributed by atoms with Gasteiger partial charge in [0.05, 0.1) is 0 Å². The van der Waals surface area contributed by atoms with Crippen LogP contribution in [0.2, 0.25) is 0 Å². The fraction of sp³-hybridized carbons (Fsp3) is 1.00. The van der Waals surface area contributed by atoms with Crippen LogP contribution in [0.5, 0.6) is 0 Å². The van der Waals surface area contributed by atoms with E-state index >= 15 is 0 Å². The summed E-state index contributed by atoms with van der Waals surface area (Å²) in [6.45, 7) is 6.96. The Balaban J connectivity index is 0. The fourth-order valence-electron chi connectivity index (χ4n) is 1.30. The van der Waals surface area contributed by atoms with Gasteiger partial charge in [-0.2, -0.15) is 0 Å². The van der Waals surface area contributed by atoms with E-state index < -0.39 is 0 Å². The van der Waals surface area contributed by atoms with Crippen molar-refractivity contribution in [2.45, 2.75) is 58.8 Å². The first-order valence-corrected chi connectivity index (χ1v) is 5.62. The lowest BCUT2D eigenvalue weighted by Crippen LogP contribution is -2.16. The summed E-state index contributed by atoms with van der Waals surface area (Å²) in [4.78, 5) is 0. The number of hydrogen-bond donors (Lipinski definition) is 1. The zero-order valence-electron chi connectivity index (χ0n) is 8.86. The van der Waals surface area contributed by atoms with Crippen molar-refractivity contribution in [2.75, 3.05) is 13.1 Å². The molecule has 0 bridgehead atoms. The maximum atomic E-state index is 3.48. The SMILES string of the molecule is CCCCCCNCCCCC.[HH]. The number of unbranched alkanes of at least 4 members (excludes halogenated alkanes) is 5. The standard InChI is InChI=1S/C11H25N.H2/c1-3-5-7-9-11-12-10-8-6-4-2;/h12H,3-11H2,1-2H3;1H. The van der Waals surface area contributed by atoms with Gasteiger partial charge in [-0.05, 0) is 25.9 Å². The molecule has 0 rings (SSSR count). The molecular weight excluding hydrogens is 146 g/mol. The fourth-order valence-corrected chi connectivity index (χ4v) is 1.30. The van der Waals surface area contributed by atoms with Crippen LogP contribution in [-0.2, 0) is 0 Å². The second-order valence-corrected chi connectivity index (χ2v) is 3.52. The van der Waals surface area contributed by atoms with Crippen LogP contribution in [0.25, 0.3) is 0 Å². The highest BCUT2D eigenvalue weighted by Crippen LogP contribution is 1.97. The maximum Gasteiger partial charge on any atom is 0 e. The van der Waals surface area contributed by atoms with E-state index in [1.165, 1.54) is 58.0 Å². The highest BCUT2D eigenvalue weighted by molar-refractivity contribution is 4.48. The molecule has 12 heavy (non-hydrogen) atoms. The van der Waals surface area contributed by atoms with Crippen LogP contribution in [0.3, 0.4) is 0 Å². The zero-order chi connectivity index (χ0) is 9.07. The zero-order valence-corrected chi connectivity index (χ0v) is 8.86. The summed E-state index contributed by atoms with van der Waals surface area (Å²) in [5.74, 6) is 0. The molecular formula is C11H27N. The molecule has 0 radical (unpaired) electrons. The summed E-state index contributed by atoms with van der Waals surface area (Å²) in [5.41, 5.74) is 0. The molecule has 0 fully saturated rings. The van der Waals surface area contributed by atoms with Gasteiger partial charge in [0.1, 0.15) is 0 Å². The Morgan fingerprint density at radius 2 is 1.25 bits per heavy atom. The molecule has 0 saturated heterocycles. The van der Waals surface area contributed by atoms with E-state index in [4.69, 9.17) is 0 Å². The van der Waals surface area contributed by atoms with Crippen molar-refractivity contribution in [3.63, 3.8) is 0 Å². The molecule has 0 aliphatic rings. The molecule has 0 amide bonds. The quantitative estimate of drug-likeness (QED) is 0.525. The van der Waals surface area contributed by atoms with E-state index in [0.717, 1.165) is 0 Å². The highest BCUT2D eigenvalue weighted by atomic mass is 14.8. The predicted octanol–water partition coefficient (Wildman–Crippen LogP) is 3.59. The summed E-state index contributed by atoms with van der Waals surface area (Å²) in [7, 11) is 0. The Bertz CT molecular complexity index is 66.5. The minimum absolute atomic E-state index is 0. The lowest BCUT2D eigenvalue weighted by Gasteiger charge is -2.02. The van der Waals surface area contributed by atoms with Crippen LogP contribution in [0.15, 0.2) is 0 Å². The smallest absolute Gasteiger partial charge is 0 e. The molecule has 76 valence electrons. The minimum Gasteiger partial charge on any atom is -0.317 e. The Kier molecular flexibility index (Phi) is 10.9. The Hall–Kier alpha value is -0.0400. The van der Waals surface area contributed by atoms with Crippen LogP contribution in [0, 0.1) is 0 Å². The third-order valence-electron chi connectivity index (χ3n) is 2.16. The van der Waals surface area contributed by atoms with Gasteiger partial charge >= 0.3 is 0 Å². The lowest BCUT2D eigenvalue weighted by molar-refractivity contribution is 0.572. The van der Waals surface area contributed by atoms with E-state index in [2.05, 4.69) is 19.2 Å². The van der Waals surface area contributed by atoms with Crippen molar-refractivity contribution in [1.29, 1.82) is 0 Å². The molecule has 1 nitrogen and oxygen atoms in total. The van der Waals surface area contributed by atoms with E-state index in [0.29, 0.717) is 0 Å². The van der Waals surface area contributed by atoms with E-state index in [1.807, 2.05) is 0 Å². The topological polar surface area (TPSA) is 12.0 Å². The van der Waals surface area contributed by atoms with Gasteiger partial charge in [0, 0.05) is 1.43 Å². The normalized spacial score (nSPS) is 10.5. The molecule has 0 atom stereocenters. The summed E-state index contributed by atoms with van der Waals surface area (Å²) in [5, 5.41) is 3.48. The van der Waals surface area contributed by atoms with Gasteiger partial charge in [-0.1, -0.05) is 46.0 Å². The third-order valence-corrected chi connectivity index (χ3v) is 2.16. The molecule has 0 aliphatic heterocycles. The van der Waals surface area contributed by atoms with Gasteiger partial charge in [-0.3, -0.25) is 0 Å². The monoisotopic (exact) mass is 173 g/mol. The molecule has 0 aromatic heterocycles. The van der Waals surface area contributed by atoms with Crippen LogP contribution in [-0.4, -0.2) is 13.1 Å². The van der Waals surface area contributed by atoms with Crippen LogP contribution in [0.4, 0.5) is 0 Å². The van der Waals surface area contributed by atoms with E-state index in [9.17, 15) is 0 Å². The van der Waals surface area contributed by atoms with Crippen molar-refractivity contribution in [3.05, 3.63) is 0 Å². The second kappa shape index (κ2) is 11.0. The van der Waals surface area contributed by atoms with Crippen LogP contribution >= 0.6 is 0 Å². The Morgan fingerprint density at radius 3 is 1.83 bits per heavy atom. The average Bonchev–Trinajstić information content (AvgIpc) is 2.10.